The number of hydrogen-bond donors (Lipinski definition) is 0. The first-order valence-electron chi connectivity index (χ1n) is 7.80. The Morgan fingerprint density at radius 3 is 2.24 bits per heavy atom. The van der Waals surface area contributed by atoms with Crippen LogP contribution in [0.4, 0.5) is 17.6 Å². The minimum atomic E-state index is -4.96. The third-order valence-electron chi connectivity index (χ3n) is 4.41. The van der Waals surface area contributed by atoms with E-state index < -0.39 is 32.5 Å². The lowest BCUT2D eigenvalue weighted by Gasteiger charge is -2.33. The highest BCUT2D eigenvalue weighted by Crippen LogP contribution is 2.34. The van der Waals surface area contributed by atoms with Crippen LogP contribution in [0, 0.1) is 11.7 Å². The van der Waals surface area contributed by atoms with Crippen molar-refractivity contribution in [3.05, 3.63) is 29.6 Å². The predicted molar refractivity (Wildman–Crippen MR) is 78.6 cm³/mol. The van der Waals surface area contributed by atoms with Gasteiger partial charge >= 0.3 is 6.18 Å². The molecule has 0 atom stereocenters. The molecule has 0 aromatic heterocycles. The summed E-state index contributed by atoms with van der Waals surface area (Å²) in [4.78, 5) is -0.562. The van der Waals surface area contributed by atoms with E-state index in [-0.39, 0.29) is 25.3 Å². The van der Waals surface area contributed by atoms with Crippen LogP contribution in [0.25, 0.3) is 0 Å². The molecular formula is C15H17F4NO4S. The van der Waals surface area contributed by atoms with Gasteiger partial charge in [-0.2, -0.15) is 17.5 Å². The number of halogens is 4. The lowest BCUT2D eigenvalue weighted by molar-refractivity contribution is -0.140. The smallest absolute Gasteiger partial charge is 0.350 e. The average molecular weight is 383 g/mol. The molecule has 0 saturated carbocycles. The average Bonchev–Trinajstić information content (AvgIpc) is 3.08. The number of hydrogen-bond acceptors (Lipinski definition) is 4. The highest BCUT2D eigenvalue weighted by Gasteiger charge is 2.38. The maximum absolute atomic E-state index is 13.4. The molecular weight excluding hydrogens is 366 g/mol. The van der Waals surface area contributed by atoms with E-state index in [0.29, 0.717) is 38.2 Å². The Balaban J connectivity index is 1.76. The molecule has 0 amide bonds. The molecule has 2 aliphatic rings. The van der Waals surface area contributed by atoms with E-state index in [2.05, 4.69) is 0 Å². The second-order valence-electron chi connectivity index (χ2n) is 5.99. The van der Waals surface area contributed by atoms with Crippen molar-refractivity contribution in [3.63, 3.8) is 0 Å². The quantitative estimate of drug-likeness (QED) is 0.753. The topological polar surface area (TPSA) is 55.8 Å². The molecule has 0 bridgehead atoms. The summed E-state index contributed by atoms with van der Waals surface area (Å²) in [5, 5.41) is 0. The van der Waals surface area contributed by atoms with Crippen LogP contribution < -0.4 is 0 Å². The molecule has 0 aliphatic carbocycles. The first kappa shape index (κ1) is 18.6. The van der Waals surface area contributed by atoms with E-state index in [9.17, 15) is 26.0 Å². The van der Waals surface area contributed by atoms with Gasteiger partial charge in [0.25, 0.3) is 0 Å². The van der Waals surface area contributed by atoms with Gasteiger partial charge in [0.05, 0.1) is 23.7 Å². The molecule has 10 heteroatoms. The summed E-state index contributed by atoms with van der Waals surface area (Å²) in [6.45, 7) is 1.29. The molecule has 0 unspecified atom stereocenters. The van der Waals surface area contributed by atoms with E-state index in [0.717, 1.165) is 10.4 Å². The van der Waals surface area contributed by atoms with Crippen molar-refractivity contribution in [1.29, 1.82) is 0 Å². The normalized spacial score (nSPS) is 21.8. The molecule has 2 fully saturated rings. The van der Waals surface area contributed by atoms with Crippen LogP contribution in [-0.4, -0.2) is 45.3 Å². The summed E-state index contributed by atoms with van der Waals surface area (Å²) in [6.07, 6.45) is -4.35. The Bertz CT molecular complexity index is 724. The zero-order valence-electron chi connectivity index (χ0n) is 13.1. The maximum atomic E-state index is 13.4. The number of benzene rings is 1. The lowest BCUT2D eigenvalue weighted by Crippen LogP contribution is -2.41. The molecule has 2 saturated heterocycles. The monoisotopic (exact) mass is 383 g/mol. The van der Waals surface area contributed by atoms with E-state index >= 15 is 0 Å². The molecule has 5 nitrogen and oxygen atoms in total. The summed E-state index contributed by atoms with van der Waals surface area (Å²) in [5.41, 5.74) is -1.59. The van der Waals surface area contributed by atoms with Crippen molar-refractivity contribution < 1.29 is 35.5 Å². The Labute approximate surface area is 142 Å². The minimum Gasteiger partial charge on any atom is -0.350 e. The largest absolute Gasteiger partial charge is 0.419 e. The molecule has 0 radical (unpaired) electrons. The molecule has 3 rings (SSSR count). The Kier molecular flexibility index (Phi) is 5.06. The summed E-state index contributed by atoms with van der Waals surface area (Å²) >= 11 is 0. The van der Waals surface area contributed by atoms with Gasteiger partial charge in [0.1, 0.15) is 5.82 Å². The van der Waals surface area contributed by atoms with Gasteiger partial charge in [-0.15, -0.1) is 0 Å². The van der Waals surface area contributed by atoms with Crippen molar-refractivity contribution in [2.75, 3.05) is 26.3 Å². The Hall–Kier alpha value is -1.23. The first-order chi connectivity index (χ1) is 11.7. The molecule has 140 valence electrons. The molecule has 2 aliphatic heterocycles. The molecule has 0 N–H and O–H groups in total. The van der Waals surface area contributed by atoms with Crippen LogP contribution in [0.3, 0.4) is 0 Å². The predicted octanol–water partition coefficient (Wildman–Crippen LogP) is 2.62. The Morgan fingerprint density at radius 1 is 1.08 bits per heavy atom. The summed E-state index contributed by atoms with van der Waals surface area (Å²) in [7, 11) is -4.12. The van der Waals surface area contributed by atoms with Crippen LogP contribution >= 0.6 is 0 Å². The van der Waals surface area contributed by atoms with Crippen molar-refractivity contribution in [3.8, 4) is 0 Å². The van der Waals surface area contributed by atoms with Crippen molar-refractivity contribution in [1.82, 2.24) is 4.31 Å². The fourth-order valence-corrected chi connectivity index (χ4v) is 4.56. The SMILES string of the molecule is O=S(=O)(c1ccc(F)c(C(F)(F)F)c1)N1CCC(C2OCCO2)CC1. The zero-order valence-corrected chi connectivity index (χ0v) is 13.9. The second kappa shape index (κ2) is 6.82. The number of ether oxygens (including phenoxy) is 2. The van der Waals surface area contributed by atoms with Gasteiger partial charge in [0.15, 0.2) is 6.29 Å². The van der Waals surface area contributed by atoms with Gasteiger partial charge in [-0.1, -0.05) is 0 Å². The van der Waals surface area contributed by atoms with Crippen molar-refractivity contribution in [2.24, 2.45) is 5.92 Å². The molecule has 1 aromatic carbocycles. The standard InChI is InChI=1S/C15H17F4NO4S/c16-13-2-1-11(9-12(13)15(17,18)19)25(21,22)20-5-3-10(4-6-20)14-23-7-8-24-14/h1-2,9-10,14H,3-8H2. The maximum Gasteiger partial charge on any atom is 0.419 e. The first-order valence-corrected chi connectivity index (χ1v) is 9.24. The van der Waals surface area contributed by atoms with Crippen molar-refractivity contribution in [2.45, 2.75) is 30.2 Å². The highest BCUT2D eigenvalue weighted by atomic mass is 32.2. The zero-order chi connectivity index (χ0) is 18.2. The van der Waals surface area contributed by atoms with Gasteiger partial charge in [-0.25, -0.2) is 12.8 Å². The molecule has 2 heterocycles. The lowest BCUT2D eigenvalue weighted by atomic mass is 9.98. The van der Waals surface area contributed by atoms with Crippen LogP contribution in [0.15, 0.2) is 23.1 Å². The van der Waals surface area contributed by atoms with Gasteiger partial charge < -0.3 is 9.47 Å². The van der Waals surface area contributed by atoms with E-state index in [1.807, 2.05) is 0 Å². The molecule has 0 spiro atoms. The second-order valence-corrected chi connectivity index (χ2v) is 7.93. The van der Waals surface area contributed by atoms with Crippen LogP contribution in [0.5, 0.6) is 0 Å². The van der Waals surface area contributed by atoms with Crippen molar-refractivity contribution >= 4 is 10.0 Å². The fourth-order valence-electron chi connectivity index (χ4n) is 3.07. The third kappa shape index (κ3) is 3.81. The Morgan fingerprint density at radius 2 is 1.68 bits per heavy atom. The highest BCUT2D eigenvalue weighted by molar-refractivity contribution is 7.89. The van der Waals surface area contributed by atoms with E-state index in [4.69, 9.17) is 9.47 Å². The molecule has 25 heavy (non-hydrogen) atoms. The number of sulfonamides is 1. The summed E-state index contributed by atoms with van der Waals surface area (Å²) in [6, 6.07) is 1.73. The molecule has 1 aromatic rings. The van der Waals surface area contributed by atoms with E-state index in [1.165, 1.54) is 0 Å². The van der Waals surface area contributed by atoms with Crippen LogP contribution in [0.2, 0.25) is 0 Å². The minimum absolute atomic E-state index is 0.0490. The number of rotatable bonds is 3. The van der Waals surface area contributed by atoms with Gasteiger partial charge in [0.2, 0.25) is 10.0 Å². The van der Waals surface area contributed by atoms with Gasteiger partial charge in [0, 0.05) is 19.0 Å². The number of nitrogens with zero attached hydrogens (tertiary/aromatic N) is 1. The summed E-state index contributed by atoms with van der Waals surface area (Å²) in [5.74, 6) is -1.45. The number of alkyl halides is 3. The van der Waals surface area contributed by atoms with Crippen LogP contribution in [0.1, 0.15) is 18.4 Å². The third-order valence-corrected chi connectivity index (χ3v) is 6.31. The van der Waals surface area contributed by atoms with Gasteiger partial charge in [-0.3, -0.25) is 0 Å². The van der Waals surface area contributed by atoms with Crippen LogP contribution in [-0.2, 0) is 25.7 Å². The van der Waals surface area contributed by atoms with E-state index in [1.54, 1.807) is 0 Å². The van der Waals surface area contributed by atoms with Gasteiger partial charge in [-0.05, 0) is 31.0 Å². The summed E-state index contributed by atoms with van der Waals surface area (Å²) < 4.78 is 88.9. The fraction of sp³-hybridized carbons (Fsp3) is 0.600. The number of piperidine rings is 1.